The molecule has 0 bridgehead atoms. The summed E-state index contributed by atoms with van der Waals surface area (Å²) in [5.74, 6) is 2.53. The molecule has 1 aliphatic heterocycles. The maximum atomic E-state index is 8.90. The van der Waals surface area contributed by atoms with Crippen molar-refractivity contribution in [1.82, 2.24) is 29.4 Å². The molecule has 0 aliphatic carbocycles. The van der Waals surface area contributed by atoms with Gasteiger partial charge >= 0.3 is 0 Å². The number of hydrogen-bond acceptors (Lipinski definition) is 7. The number of nitrogens with one attached hydrogen (secondary N) is 1. The van der Waals surface area contributed by atoms with Crippen molar-refractivity contribution in [2.24, 2.45) is 7.05 Å². The van der Waals surface area contributed by atoms with Crippen molar-refractivity contribution in [2.45, 2.75) is 38.8 Å². The topological polar surface area (TPSA) is 95.5 Å². The van der Waals surface area contributed by atoms with Gasteiger partial charge in [0, 0.05) is 25.5 Å². The summed E-state index contributed by atoms with van der Waals surface area (Å²) < 4.78 is 2.07. The van der Waals surface area contributed by atoms with Crippen molar-refractivity contribution in [2.75, 3.05) is 11.9 Å². The van der Waals surface area contributed by atoms with Gasteiger partial charge in [-0.15, -0.1) is 0 Å². The molecule has 29 heavy (non-hydrogen) atoms. The maximum Gasteiger partial charge on any atom is 0.140 e. The van der Waals surface area contributed by atoms with Gasteiger partial charge < -0.3 is 9.88 Å². The normalized spacial score (nSPS) is 17.1. The van der Waals surface area contributed by atoms with E-state index in [2.05, 4.69) is 29.7 Å². The molecule has 0 amide bonds. The van der Waals surface area contributed by atoms with Gasteiger partial charge in [0.25, 0.3) is 0 Å². The molecule has 0 saturated carbocycles. The summed E-state index contributed by atoms with van der Waals surface area (Å²) in [5, 5.41) is 12.2. The van der Waals surface area contributed by atoms with Gasteiger partial charge in [-0.25, -0.2) is 19.9 Å². The molecule has 4 rings (SSSR count). The summed E-state index contributed by atoms with van der Waals surface area (Å²) in [4.78, 5) is 20.3. The van der Waals surface area contributed by atoms with Crippen LogP contribution in [0.2, 0.25) is 0 Å². The van der Waals surface area contributed by atoms with E-state index in [1.165, 1.54) is 12.8 Å². The van der Waals surface area contributed by atoms with Crippen LogP contribution in [0.15, 0.2) is 36.8 Å². The number of piperidine rings is 1. The van der Waals surface area contributed by atoms with E-state index in [0.717, 1.165) is 48.4 Å². The first kappa shape index (κ1) is 19.0. The van der Waals surface area contributed by atoms with Crippen molar-refractivity contribution in [3.05, 3.63) is 59.8 Å². The maximum absolute atomic E-state index is 8.90. The van der Waals surface area contributed by atoms with Crippen LogP contribution in [0.4, 0.5) is 11.5 Å². The fourth-order valence-corrected chi connectivity index (χ4v) is 3.75. The number of pyridine rings is 1. The Kier molecular flexibility index (Phi) is 5.49. The lowest BCUT2D eigenvalue weighted by Gasteiger charge is -2.35. The molecule has 3 aromatic rings. The van der Waals surface area contributed by atoms with Gasteiger partial charge in [-0.3, -0.25) is 4.90 Å². The van der Waals surface area contributed by atoms with E-state index < -0.39 is 0 Å². The van der Waals surface area contributed by atoms with E-state index in [9.17, 15) is 0 Å². The van der Waals surface area contributed by atoms with Gasteiger partial charge in [0.15, 0.2) is 0 Å². The Morgan fingerprint density at radius 2 is 2.14 bits per heavy atom. The summed E-state index contributed by atoms with van der Waals surface area (Å²) in [7, 11) is 2.03. The number of rotatable bonds is 5. The van der Waals surface area contributed by atoms with Crippen molar-refractivity contribution >= 4 is 11.5 Å². The van der Waals surface area contributed by atoms with Crippen LogP contribution in [0.25, 0.3) is 0 Å². The van der Waals surface area contributed by atoms with Crippen LogP contribution in [0.5, 0.6) is 0 Å². The lowest BCUT2D eigenvalue weighted by atomic mass is 9.99. The largest absolute Gasteiger partial charge is 0.339 e. The molecular formula is C21H24N8. The van der Waals surface area contributed by atoms with Crippen molar-refractivity contribution in [3.63, 3.8) is 0 Å². The highest BCUT2D eigenvalue weighted by Crippen LogP contribution is 2.32. The third kappa shape index (κ3) is 4.41. The highest BCUT2D eigenvalue weighted by molar-refractivity contribution is 5.55. The first-order chi connectivity index (χ1) is 14.1. The molecular weight excluding hydrogens is 364 g/mol. The second kappa shape index (κ2) is 8.37. The van der Waals surface area contributed by atoms with Gasteiger partial charge in [-0.05, 0) is 38.4 Å². The Bertz CT molecular complexity index is 1020. The van der Waals surface area contributed by atoms with Crippen molar-refractivity contribution in [3.8, 4) is 6.07 Å². The molecule has 0 spiro atoms. The summed E-state index contributed by atoms with van der Waals surface area (Å²) in [5.41, 5.74) is 2.21. The Morgan fingerprint density at radius 1 is 1.24 bits per heavy atom. The fourth-order valence-electron chi connectivity index (χ4n) is 3.75. The van der Waals surface area contributed by atoms with Crippen LogP contribution in [-0.2, 0) is 13.6 Å². The molecule has 1 N–H and O–H groups in total. The summed E-state index contributed by atoms with van der Waals surface area (Å²) >= 11 is 0. The second-order valence-electron chi connectivity index (χ2n) is 7.33. The lowest BCUT2D eigenvalue weighted by Crippen LogP contribution is -2.34. The smallest absolute Gasteiger partial charge is 0.140 e. The first-order valence-corrected chi connectivity index (χ1v) is 9.81. The van der Waals surface area contributed by atoms with Gasteiger partial charge in [0.2, 0.25) is 0 Å². The van der Waals surface area contributed by atoms with Gasteiger partial charge in [-0.2, -0.15) is 5.26 Å². The van der Waals surface area contributed by atoms with Crippen LogP contribution in [-0.4, -0.2) is 35.9 Å². The van der Waals surface area contributed by atoms with Crippen molar-refractivity contribution in [1.29, 1.82) is 5.26 Å². The zero-order chi connectivity index (χ0) is 20.2. The van der Waals surface area contributed by atoms with E-state index in [0.29, 0.717) is 5.69 Å². The number of nitriles is 1. The van der Waals surface area contributed by atoms with Crippen LogP contribution < -0.4 is 5.32 Å². The third-order valence-corrected chi connectivity index (χ3v) is 5.23. The van der Waals surface area contributed by atoms with Crippen LogP contribution in [0.1, 0.15) is 48.3 Å². The number of hydrogen-bond donors (Lipinski definition) is 1. The Morgan fingerprint density at radius 3 is 2.86 bits per heavy atom. The molecule has 1 saturated heterocycles. The monoisotopic (exact) mass is 388 g/mol. The number of aryl methyl sites for hydroxylation is 2. The van der Waals surface area contributed by atoms with Crippen LogP contribution >= 0.6 is 0 Å². The average molecular weight is 388 g/mol. The highest BCUT2D eigenvalue weighted by atomic mass is 15.2. The quantitative estimate of drug-likeness (QED) is 0.717. The van der Waals surface area contributed by atoms with Crippen LogP contribution in [0.3, 0.4) is 0 Å². The zero-order valence-electron chi connectivity index (χ0n) is 16.7. The number of aromatic nitrogens is 5. The molecule has 0 unspecified atom stereocenters. The van der Waals surface area contributed by atoms with Crippen LogP contribution in [0, 0.1) is 18.3 Å². The number of imidazole rings is 1. The van der Waals surface area contributed by atoms with Crippen molar-refractivity contribution < 1.29 is 0 Å². The fraction of sp³-hybridized carbons (Fsp3) is 0.381. The predicted octanol–water partition coefficient (Wildman–Crippen LogP) is 3.26. The molecule has 1 atom stereocenters. The third-order valence-electron chi connectivity index (χ3n) is 5.23. The summed E-state index contributed by atoms with van der Waals surface area (Å²) in [6, 6.07) is 7.80. The molecule has 0 aromatic carbocycles. The summed E-state index contributed by atoms with van der Waals surface area (Å²) in [6.07, 6.45) is 8.91. The molecule has 3 aromatic heterocycles. The summed E-state index contributed by atoms with van der Waals surface area (Å²) in [6.45, 7) is 3.75. The van der Waals surface area contributed by atoms with E-state index in [1.807, 2.05) is 44.6 Å². The molecule has 0 radical (unpaired) electrons. The standard InChI is InChI=1S/C21H24N8/c1-15-25-18(11-20(26-15)27-17-7-6-16(12-22)24-13-17)19-5-3-4-9-29(19)14-21-23-8-10-28(21)2/h6-8,10-11,13,19H,3-5,9,14H2,1-2H3,(H,25,26,27)/t19-/m1/s1. The Labute approximate surface area is 170 Å². The van der Waals surface area contributed by atoms with E-state index in [1.54, 1.807) is 12.3 Å². The van der Waals surface area contributed by atoms with Gasteiger partial charge in [0.05, 0.1) is 30.2 Å². The second-order valence-corrected chi connectivity index (χ2v) is 7.33. The predicted molar refractivity (Wildman–Crippen MR) is 109 cm³/mol. The molecule has 8 nitrogen and oxygen atoms in total. The van der Waals surface area contributed by atoms with E-state index in [4.69, 9.17) is 10.2 Å². The molecule has 1 aliphatic rings. The van der Waals surface area contributed by atoms with Gasteiger partial charge in [-0.1, -0.05) is 6.42 Å². The molecule has 148 valence electrons. The number of anilines is 2. The van der Waals surface area contributed by atoms with Gasteiger partial charge in [0.1, 0.15) is 29.2 Å². The lowest BCUT2D eigenvalue weighted by molar-refractivity contribution is 0.132. The zero-order valence-corrected chi connectivity index (χ0v) is 16.7. The minimum atomic E-state index is 0.238. The van der Waals surface area contributed by atoms with E-state index in [-0.39, 0.29) is 6.04 Å². The Balaban J connectivity index is 1.57. The van der Waals surface area contributed by atoms with E-state index >= 15 is 0 Å². The average Bonchev–Trinajstić information content (AvgIpc) is 3.13. The number of likely N-dealkylation sites (tertiary alicyclic amines) is 1. The Hall–Kier alpha value is -3.31. The SMILES string of the molecule is Cc1nc(Nc2ccc(C#N)nc2)cc([C@H]2CCCCN2Cc2nccn2C)n1. The minimum Gasteiger partial charge on any atom is -0.339 e. The minimum absolute atomic E-state index is 0.238. The number of nitrogens with zero attached hydrogens (tertiary/aromatic N) is 7. The molecule has 4 heterocycles. The first-order valence-electron chi connectivity index (χ1n) is 9.81. The molecule has 1 fully saturated rings. The molecule has 8 heteroatoms. The highest BCUT2D eigenvalue weighted by Gasteiger charge is 2.26.